The number of rotatable bonds is 4. The van der Waals surface area contributed by atoms with Crippen molar-refractivity contribution < 1.29 is 0 Å². The van der Waals surface area contributed by atoms with Crippen molar-refractivity contribution in [1.82, 2.24) is 0 Å². The average molecular weight is 432 g/mol. The molecule has 1 aromatic rings. The van der Waals surface area contributed by atoms with Gasteiger partial charge in [-0.1, -0.05) is 6.92 Å². The first-order valence-electron chi connectivity index (χ1n) is 4.53. The van der Waals surface area contributed by atoms with Gasteiger partial charge in [0.25, 0.3) is 0 Å². The van der Waals surface area contributed by atoms with E-state index in [-0.39, 0.29) is 0 Å². The zero-order valence-electron chi connectivity index (χ0n) is 8.51. The summed E-state index contributed by atoms with van der Waals surface area (Å²) in [7, 11) is 0. The molecule has 0 saturated carbocycles. The number of benzene rings is 1. The molecule has 0 amide bonds. The van der Waals surface area contributed by atoms with Crippen LogP contribution in [0, 0.1) is 0 Å². The van der Waals surface area contributed by atoms with E-state index in [2.05, 4.69) is 64.3 Å². The average Bonchev–Trinajstić information content (AvgIpc) is 2.25. The van der Waals surface area contributed by atoms with Crippen LogP contribution in [-0.2, 0) is 0 Å². The quantitative estimate of drug-likeness (QED) is 0.288. The molecule has 16 heavy (non-hydrogen) atoms. The molecule has 2 N–H and O–H groups in total. The van der Waals surface area contributed by atoms with Crippen LogP contribution in [0.3, 0.4) is 0 Å². The number of nitrogens with zero attached hydrogens (tertiary/aromatic N) is 2. The zero-order chi connectivity index (χ0) is 12.1. The molecular weight excluding hydrogens is 422 g/mol. The predicted octanol–water partition coefficient (Wildman–Crippen LogP) is 5.70. The summed E-state index contributed by atoms with van der Waals surface area (Å²) in [5, 5.41) is 4.14. The molecule has 0 unspecified atom stereocenters. The minimum absolute atomic E-state index is 0.623. The van der Waals surface area contributed by atoms with E-state index < -0.39 is 0 Å². The summed E-state index contributed by atoms with van der Waals surface area (Å²) in [5.41, 5.74) is 7.19. The van der Waals surface area contributed by atoms with Crippen molar-refractivity contribution >= 4 is 71.1 Å². The Morgan fingerprint density at radius 1 is 1.31 bits per heavy atom. The van der Waals surface area contributed by atoms with Gasteiger partial charge in [0.15, 0.2) is 0 Å². The molecule has 7 heteroatoms. The molecule has 0 radical (unpaired) electrons. The van der Waals surface area contributed by atoms with Crippen LogP contribution in [0.5, 0.6) is 0 Å². The van der Waals surface area contributed by atoms with E-state index in [1.54, 1.807) is 0 Å². The van der Waals surface area contributed by atoms with E-state index in [4.69, 9.17) is 5.73 Å². The highest BCUT2D eigenvalue weighted by Gasteiger charge is 2.11. The molecule has 0 spiro atoms. The molecule has 0 aliphatic rings. The van der Waals surface area contributed by atoms with Crippen LogP contribution in [0.15, 0.2) is 29.1 Å². The molecule has 0 aromatic heterocycles. The Hall–Kier alpha value is 0.410. The number of anilines is 1. The molecule has 0 bridgehead atoms. The van der Waals surface area contributed by atoms with Crippen molar-refractivity contribution in [3.8, 4) is 0 Å². The summed E-state index contributed by atoms with van der Waals surface area (Å²) in [4.78, 5) is 0. The van der Waals surface area contributed by atoms with Crippen LogP contribution in [0.25, 0.3) is 0 Å². The van der Waals surface area contributed by atoms with Crippen molar-refractivity contribution in [2.75, 3.05) is 11.5 Å². The highest BCUT2D eigenvalue weighted by Crippen LogP contribution is 2.42. The van der Waals surface area contributed by atoms with Crippen LogP contribution < -0.4 is 5.73 Å². The summed E-state index contributed by atoms with van der Waals surface area (Å²) in [6.07, 6.45) is 1.08. The molecule has 0 atom stereocenters. The normalized spacial score (nSPS) is 11.2. The minimum atomic E-state index is 0.623. The molecule has 0 saturated heterocycles. The van der Waals surface area contributed by atoms with E-state index in [0.29, 0.717) is 11.4 Å². The molecular formula is C9H10Br3N3S. The Labute approximate surface area is 124 Å². The van der Waals surface area contributed by atoms with Gasteiger partial charge in [-0.2, -0.15) is 0 Å². The van der Waals surface area contributed by atoms with E-state index in [0.717, 1.165) is 25.6 Å². The first-order valence-corrected chi connectivity index (χ1v) is 7.86. The number of hydrogen-bond acceptors (Lipinski definition) is 4. The van der Waals surface area contributed by atoms with Gasteiger partial charge in [-0.15, -0.1) is 9.63 Å². The summed E-state index contributed by atoms with van der Waals surface area (Å²) < 4.78 is 6.45. The summed E-state index contributed by atoms with van der Waals surface area (Å²) in [6.45, 7) is 2.10. The minimum Gasteiger partial charge on any atom is -0.397 e. The van der Waals surface area contributed by atoms with Gasteiger partial charge in [0.1, 0.15) is 5.69 Å². The van der Waals surface area contributed by atoms with Gasteiger partial charge in [0.05, 0.1) is 10.2 Å². The maximum atomic E-state index is 5.86. The van der Waals surface area contributed by atoms with Gasteiger partial charge >= 0.3 is 0 Å². The van der Waals surface area contributed by atoms with E-state index in [1.807, 2.05) is 6.07 Å². The maximum Gasteiger partial charge on any atom is 0.117 e. The summed E-state index contributed by atoms with van der Waals surface area (Å²) in [5.74, 6) is 0.963. The smallest absolute Gasteiger partial charge is 0.117 e. The molecule has 88 valence electrons. The number of nitrogen functional groups attached to an aromatic ring is 1. The van der Waals surface area contributed by atoms with Crippen LogP contribution in [0.2, 0.25) is 0 Å². The number of nitrogens with two attached hydrogens (primary N) is 1. The molecule has 0 fully saturated rings. The number of hydrogen-bond donors (Lipinski definition) is 1. The Kier molecular flexibility index (Phi) is 6.31. The molecule has 1 aromatic carbocycles. The number of halogens is 3. The standard InChI is InChI=1S/C9H10Br3N3S/c1-2-3-16-15-14-9-6(11)4-5(10)8(13)7(9)12/h4H,2-3,13H2,1H3. The van der Waals surface area contributed by atoms with E-state index >= 15 is 0 Å². The van der Waals surface area contributed by atoms with Gasteiger partial charge in [0.2, 0.25) is 0 Å². The van der Waals surface area contributed by atoms with Crippen LogP contribution in [0.4, 0.5) is 11.4 Å². The lowest BCUT2D eigenvalue weighted by Gasteiger charge is -2.06. The highest BCUT2D eigenvalue weighted by molar-refractivity contribution is 9.11. The maximum absolute atomic E-state index is 5.86. The van der Waals surface area contributed by atoms with E-state index in [9.17, 15) is 0 Å². The van der Waals surface area contributed by atoms with Crippen LogP contribution >= 0.6 is 59.7 Å². The summed E-state index contributed by atoms with van der Waals surface area (Å²) >= 11 is 11.6. The third-order valence-electron chi connectivity index (χ3n) is 1.68. The zero-order valence-corrected chi connectivity index (χ0v) is 14.1. The predicted molar refractivity (Wildman–Crippen MR) is 81.2 cm³/mol. The largest absolute Gasteiger partial charge is 0.397 e. The van der Waals surface area contributed by atoms with Crippen molar-refractivity contribution in [3.63, 3.8) is 0 Å². The van der Waals surface area contributed by atoms with Crippen molar-refractivity contribution in [2.24, 2.45) is 9.63 Å². The van der Waals surface area contributed by atoms with Crippen molar-refractivity contribution in [1.29, 1.82) is 0 Å². The fraction of sp³-hybridized carbons (Fsp3) is 0.333. The first-order chi connectivity index (χ1) is 7.57. The SMILES string of the molecule is CCCSN=Nc1c(Br)cc(Br)c(N)c1Br. The third-order valence-corrected chi connectivity index (χ3v) is 4.53. The molecule has 1 rings (SSSR count). The summed E-state index contributed by atoms with van der Waals surface area (Å²) in [6, 6.07) is 1.86. The first kappa shape index (κ1) is 14.5. The third kappa shape index (κ3) is 3.72. The molecule has 0 heterocycles. The van der Waals surface area contributed by atoms with Crippen molar-refractivity contribution in [3.05, 3.63) is 19.5 Å². The topological polar surface area (TPSA) is 50.7 Å². The lowest BCUT2D eigenvalue weighted by atomic mass is 10.3. The van der Waals surface area contributed by atoms with Gasteiger partial charge in [-0.25, -0.2) is 0 Å². The van der Waals surface area contributed by atoms with Gasteiger partial charge in [-0.05, 0) is 72.2 Å². The highest BCUT2D eigenvalue weighted by atomic mass is 79.9. The Morgan fingerprint density at radius 2 is 2.00 bits per heavy atom. The van der Waals surface area contributed by atoms with Crippen LogP contribution in [-0.4, -0.2) is 5.75 Å². The lowest BCUT2D eigenvalue weighted by molar-refractivity contribution is 1.10. The van der Waals surface area contributed by atoms with Gasteiger partial charge < -0.3 is 5.73 Å². The Balaban J connectivity index is 2.96. The molecule has 0 aliphatic heterocycles. The second kappa shape index (κ2) is 6.98. The second-order valence-corrected chi connectivity index (χ2v) is 6.26. The molecule has 3 nitrogen and oxygen atoms in total. The Bertz CT molecular complexity index is 409. The fourth-order valence-corrected chi connectivity index (χ4v) is 3.57. The van der Waals surface area contributed by atoms with Crippen LogP contribution in [0.1, 0.15) is 13.3 Å². The van der Waals surface area contributed by atoms with Gasteiger partial charge in [-0.3, -0.25) is 0 Å². The fourth-order valence-electron chi connectivity index (χ4n) is 0.888. The lowest BCUT2D eigenvalue weighted by Crippen LogP contribution is -1.89. The van der Waals surface area contributed by atoms with Crippen molar-refractivity contribution in [2.45, 2.75) is 13.3 Å². The second-order valence-electron chi connectivity index (χ2n) is 2.93. The van der Waals surface area contributed by atoms with E-state index in [1.165, 1.54) is 11.9 Å². The van der Waals surface area contributed by atoms with Gasteiger partial charge in [0, 0.05) is 14.7 Å². The molecule has 0 aliphatic carbocycles. The monoisotopic (exact) mass is 429 g/mol. The Morgan fingerprint density at radius 3 is 2.62 bits per heavy atom.